The second-order valence-electron chi connectivity index (χ2n) is 3.56. The Balaban J connectivity index is 2.08. The van der Waals surface area contributed by atoms with Gasteiger partial charge in [-0.05, 0) is 0 Å². The molecule has 2 aliphatic heterocycles. The highest BCUT2D eigenvalue weighted by Crippen LogP contribution is 2.09. The van der Waals surface area contributed by atoms with E-state index in [0.717, 1.165) is 26.2 Å². The molecule has 0 aromatic rings. The largest absolute Gasteiger partial charge is 0.314 e. The first-order chi connectivity index (χ1) is 6.70. The molecular formula is C8H14N4O2. The highest BCUT2D eigenvalue weighted by Gasteiger charge is 2.41. The van der Waals surface area contributed by atoms with Crippen molar-refractivity contribution in [3.8, 4) is 0 Å². The van der Waals surface area contributed by atoms with Gasteiger partial charge in [0.05, 0.1) is 0 Å². The van der Waals surface area contributed by atoms with Crippen LogP contribution in [0.15, 0.2) is 0 Å². The third kappa shape index (κ3) is 1.46. The fourth-order valence-corrected chi connectivity index (χ4v) is 1.84. The van der Waals surface area contributed by atoms with E-state index in [0.29, 0.717) is 0 Å². The highest BCUT2D eigenvalue weighted by molar-refractivity contribution is 6.09. The summed E-state index contributed by atoms with van der Waals surface area (Å²) in [5.41, 5.74) is 2.50. The molecule has 0 aromatic heterocycles. The number of piperazine rings is 1. The Labute approximate surface area is 82.2 Å². The van der Waals surface area contributed by atoms with E-state index in [1.54, 1.807) is 7.05 Å². The van der Waals surface area contributed by atoms with Crippen molar-refractivity contribution in [2.75, 3.05) is 33.2 Å². The minimum absolute atomic E-state index is 0.156. The van der Waals surface area contributed by atoms with Crippen LogP contribution in [0.25, 0.3) is 0 Å². The summed E-state index contributed by atoms with van der Waals surface area (Å²) >= 11 is 0. The topological polar surface area (TPSA) is 64.7 Å². The lowest BCUT2D eigenvalue weighted by Gasteiger charge is -2.29. The maximum atomic E-state index is 11.6. The average molecular weight is 198 g/mol. The first kappa shape index (κ1) is 9.42. The van der Waals surface area contributed by atoms with Gasteiger partial charge in [0.25, 0.3) is 11.8 Å². The number of likely N-dealkylation sites (N-methyl/N-ethyl adjacent to an activating group) is 1. The summed E-state index contributed by atoms with van der Waals surface area (Å²) in [5.74, 6) is -0.365. The maximum Gasteiger partial charge on any atom is 0.267 e. The standard InChI is InChI=1S/C8H14N4O2/c1-11-8(14)6(7(13)10-11)12-4-2-9-3-5-12/h6,9H,2-5H2,1H3,(H,10,13). The van der Waals surface area contributed by atoms with E-state index in [2.05, 4.69) is 10.7 Å². The molecule has 2 heterocycles. The van der Waals surface area contributed by atoms with Gasteiger partial charge in [-0.25, -0.2) is 0 Å². The van der Waals surface area contributed by atoms with Crippen LogP contribution in [-0.4, -0.2) is 61.0 Å². The van der Waals surface area contributed by atoms with Crippen molar-refractivity contribution in [3.05, 3.63) is 0 Å². The summed E-state index contributed by atoms with van der Waals surface area (Å²) < 4.78 is 0. The van der Waals surface area contributed by atoms with Crippen LogP contribution in [0.2, 0.25) is 0 Å². The van der Waals surface area contributed by atoms with E-state index in [9.17, 15) is 9.59 Å². The molecule has 6 heteroatoms. The van der Waals surface area contributed by atoms with Crippen LogP contribution < -0.4 is 10.7 Å². The van der Waals surface area contributed by atoms with Gasteiger partial charge in [-0.2, -0.15) is 0 Å². The number of nitrogens with zero attached hydrogens (tertiary/aromatic N) is 2. The molecule has 2 amide bonds. The molecule has 0 aliphatic carbocycles. The number of hydrogen-bond acceptors (Lipinski definition) is 4. The number of nitrogens with one attached hydrogen (secondary N) is 2. The molecular weight excluding hydrogens is 184 g/mol. The molecule has 0 bridgehead atoms. The first-order valence-electron chi connectivity index (χ1n) is 4.73. The minimum atomic E-state index is -0.609. The molecule has 6 nitrogen and oxygen atoms in total. The van der Waals surface area contributed by atoms with Gasteiger partial charge >= 0.3 is 0 Å². The Kier molecular flexibility index (Phi) is 2.39. The van der Waals surface area contributed by atoms with Gasteiger partial charge < -0.3 is 5.32 Å². The third-order valence-electron chi connectivity index (χ3n) is 2.61. The highest BCUT2D eigenvalue weighted by atomic mass is 16.2. The van der Waals surface area contributed by atoms with E-state index in [1.807, 2.05) is 4.90 Å². The monoisotopic (exact) mass is 198 g/mol. The Hall–Kier alpha value is -1.14. The van der Waals surface area contributed by atoms with Gasteiger partial charge in [-0.1, -0.05) is 0 Å². The van der Waals surface area contributed by atoms with Crippen molar-refractivity contribution in [1.29, 1.82) is 0 Å². The molecule has 78 valence electrons. The van der Waals surface area contributed by atoms with Crippen LogP contribution in [0.4, 0.5) is 0 Å². The summed E-state index contributed by atoms with van der Waals surface area (Å²) in [7, 11) is 1.57. The van der Waals surface area contributed by atoms with E-state index < -0.39 is 6.04 Å². The van der Waals surface area contributed by atoms with Crippen LogP contribution in [0.1, 0.15) is 0 Å². The van der Waals surface area contributed by atoms with E-state index in [-0.39, 0.29) is 11.8 Å². The van der Waals surface area contributed by atoms with Crippen molar-refractivity contribution in [1.82, 2.24) is 20.7 Å². The van der Waals surface area contributed by atoms with Crippen LogP contribution >= 0.6 is 0 Å². The van der Waals surface area contributed by atoms with E-state index >= 15 is 0 Å². The Morgan fingerprint density at radius 1 is 1.29 bits per heavy atom. The van der Waals surface area contributed by atoms with Gasteiger partial charge in [0, 0.05) is 33.2 Å². The molecule has 1 unspecified atom stereocenters. The quantitative estimate of drug-likeness (QED) is 0.468. The molecule has 1 atom stereocenters. The van der Waals surface area contributed by atoms with Crippen molar-refractivity contribution in [2.24, 2.45) is 0 Å². The first-order valence-corrected chi connectivity index (χ1v) is 4.73. The predicted octanol–water partition coefficient (Wildman–Crippen LogP) is -2.24. The second-order valence-corrected chi connectivity index (χ2v) is 3.56. The van der Waals surface area contributed by atoms with Crippen molar-refractivity contribution >= 4 is 11.8 Å². The molecule has 0 spiro atoms. The molecule has 0 aromatic carbocycles. The van der Waals surface area contributed by atoms with E-state index in [1.165, 1.54) is 5.01 Å². The predicted molar refractivity (Wildman–Crippen MR) is 49.1 cm³/mol. The fourth-order valence-electron chi connectivity index (χ4n) is 1.84. The number of hydrazine groups is 1. The molecule has 2 rings (SSSR count). The number of rotatable bonds is 1. The van der Waals surface area contributed by atoms with Crippen molar-refractivity contribution in [2.45, 2.75) is 6.04 Å². The summed E-state index contributed by atoms with van der Waals surface area (Å²) in [4.78, 5) is 25.0. The number of carbonyl (C=O) groups is 2. The van der Waals surface area contributed by atoms with Crippen molar-refractivity contribution in [3.63, 3.8) is 0 Å². The van der Waals surface area contributed by atoms with Gasteiger partial charge in [-0.3, -0.25) is 24.9 Å². The van der Waals surface area contributed by atoms with Crippen LogP contribution in [-0.2, 0) is 9.59 Å². The zero-order valence-electron chi connectivity index (χ0n) is 8.12. The lowest BCUT2D eigenvalue weighted by Crippen LogP contribution is -2.53. The molecule has 2 fully saturated rings. The molecule has 0 saturated carbocycles. The molecule has 0 radical (unpaired) electrons. The zero-order valence-corrected chi connectivity index (χ0v) is 8.12. The molecule has 2 N–H and O–H groups in total. The number of amides is 2. The molecule has 2 saturated heterocycles. The van der Waals surface area contributed by atoms with Gasteiger partial charge in [0.1, 0.15) is 0 Å². The van der Waals surface area contributed by atoms with Gasteiger partial charge in [0.2, 0.25) is 0 Å². The Morgan fingerprint density at radius 2 is 1.93 bits per heavy atom. The summed E-state index contributed by atoms with van der Waals surface area (Å²) in [6.45, 7) is 3.16. The van der Waals surface area contributed by atoms with E-state index in [4.69, 9.17) is 0 Å². The van der Waals surface area contributed by atoms with Crippen molar-refractivity contribution < 1.29 is 9.59 Å². The third-order valence-corrected chi connectivity index (χ3v) is 2.61. The summed E-state index contributed by atoms with van der Waals surface area (Å²) in [5, 5.41) is 4.44. The average Bonchev–Trinajstić information content (AvgIpc) is 2.43. The summed E-state index contributed by atoms with van der Waals surface area (Å²) in [6, 6.07) is -0.609. The van der Waals surface area contributed by atoms with Gasteiger partial charge in [0.15, 0.2) is 6.04 Å². The van der Waals surface area contributed by atoms with Gasteiger partial charge in [-0.15, -0.1) is 0 Å². The second kappa shape index (κ2) is 3.55. The Bertz CT molecular complexity index is 262. The number of carbonyl (C=O) groups excluding carboxylic acids is 2. The molecule has 14 heavy (non-hydrogen) atoms. The number of hydrogen-bond donors (Lipinski definition) is 2. The summed E-state index contributed by atoms with van der Waals surface area (Å²) in [6.07, 6.45) is 0. The normalized spacial score (nSPS) is 29.5. The fraction of sp³-hybridized carbons (Fsp3) is 0.750. The Morgan fingerprint density at radius 3 is 2.43 bits per heavy atom. The smallest absolute Gasteiger partial charge is 0.267 e. The molecule has 2 aliphatic rings. The SMILES string of the molecule is CN1NC(=O)C(N2CCNCC2)C1=O. The lowest BCUT2D eigenvalue weighted by molar-refractivity contribution is -0.133. The van der Waals surface area contributed by atoms with Crippen LogP contribution in [0.5, 0.6) is 0 Å². The lowest BCUT2D eigenvalue weighted by atomic mass is 10.2. The van der Waals surface area contributed by atoms with Crippen LogP contribution in [0.3, 0.4) is 0 Å². The minimum Gasteiger partial charge on any atom is -0.314 e. The zero-order chi connectivity index (χ0) is 10.1. The maximum absolute atomic E-state index is 11.6. The van der Waals surface area contributed by atoms with Crippen LogP contribution in [0, 0.1) is 0 Å².